The maximum atomic E-state index is 12.2. The SMILES string of the molecule is Cc1cc(N2CCC(CNS(=O)(=O)c3cnn(C)c3)CC2)ccn1. The first-order chi connectivity index (χ1) is 11.4. The molecule has 1 saturated heterocycles. The predicted molar refractivity (Wildman–Crippen MR) is 92.3 cm³/mol. The lowest BCUT2D eigenvalue weighted by Crippen LogP contribution is -2.38. The largest absolute Gasteiger partial charge is 0.371 e. The molecule has 8 heteroatoms. The van der Waals surface area contributed by atoms with Crippen molar-refractivity contribution in [3.8, 4) is 0 Å². The van der Waals surface area contributed by atoms with Crippen LogP contribution in [-0.4, -0.2) is 42.8 Å². The van der Waals surface area contributed by atoms with Gasteiger partial charge in [0.15, 0.2) is 0 Å². The summed E-state index contributed by atoms with van der Waals surface area (Å²) >= 11 is 0. The Hall–Kier alpha value is -1.93. The Balaban J connectivity index is 1.52. The number of hydrogen-bond donors (Lipinski definition) is 1. The van der Waals surface area contributed by atoms with E-state index in [1.54, 1.807) is 7.05 Å². The first-order valence-corrected chi connectivity index (χ1v) is 9.58. The van der Waals surface area contributed by atoms with E-state index in [-0.39, 0.29) is 4.90 Å². The lowest BCUT2D eigenvalue weighted by molar-refractivity contribution is 0.402. The summed E-state index contributed by atoms with van der Waals surface area (Å²) in [6.45, 7) is 4.33. The number of nitrogens with one attached hydrogen (secondary N) is 1. The Morgan fingerprint density at radius 1 is 1.33 bits per heavy atom. The lowest BCUT2D eigenvalue weighted by Gasteiger charge is -2.33. The third-order valence-corrected chi connectivity index (χ3v) is 5.79. The second-order valence-electron chi connectivity index (χ2n) is 6.29. The highest BCUT2D eigenvalue weighted by Gasteiger charge is 2.22. The highest BCUT2D eigenvalue weighted by Crippen LogP contribution is 2.23. The molecule has 0 unspecified atom stereocenters. The van der Waals surface area contributed by atoms with Gasteiger partial charge >= 0.3 is 0 Å². The molecule has 0 radical (unpaired) electrons. The molecule has 2 aromatic rings. The Morgan fingerprint density at radius 2 is 2.08 bits per heavy atom. The third kappa shape index (κ3) is 3.93. The van der Waals surface area contributed by atoms with Crippen molar-refractivity contribution < 1.29 is 8.42 Å². The summed E-state index contributed by atoms with van der Waals surface area (Å²) in [6, 6.07) is 4.11. The lowest BCUT2D eigenvalue weighted by atomic mass is 9.97. The number of nitrogens with zero attached hydrogens (tertiary/aromatic N) is 4. The molecule has 24 heavy (non-hydrogen) atoms. The topological polar surface area (TPSA) is 80.1 Å². The van der Waals surface area contributed by atoms with E-state index >= 15 is 0 Å². The molecule has 0 saturated carbocycles. The van der Waals surface area contributed by atoms with Crippen molar-refractivity contribution >= 4 is 15.7 Å². The van der Waals surface area contributed by atoms with Crippen LogP contribution in [-0.2, 0) is 17.1 Å². The van der Waals surface area contributed by atoms with Gasteiger partial charge in [-0.05, 0) is 37.8 Å². The van der Waals surface area contributed by atoms with Crippen molar-refractivity contribution in [3.05, 3.63) is 36.4 Å². The molecule has 1 aliphatic rings. The van der Waals surface area contributed by atoms with Crippen LogP contribution in [0.4, 0.5) is 5.69 Å². The zero-order chi connectivity index (χ0) is 17.2. The molecule has 130 valence electrons. The fraction of sp³-hybridized carbons (Fsp3) is 0.500. The zero-order valence-corrected chi connectivity index (χ0v) is 14.8. The number of aryl methyl sites for hydroxylation is 2. The van der Waals surface area contributed by atoms with Crippen LogP contribution in [0.3, 0.4) is 0 Å². The molecule has 0 bridgehead atoms. The number of piperidine rings is 1. The van der Waals surface area contributed by atoms with E-state index in [2.05, 4.69) is 25.8 Å². The first kappa shape index (κ1) is 16.9. The monoisotopic (exact) mass is 349 g/mol. The second-order valence-corrected chi connectivity index (χ2v) is 8.05. The van der Waals surface area contributed by atoms with E-state index in [0.717, 1.165) is 31.6 Å². The summed E-state index contributed by atoms with van der Waals surface area (Å²) in [5.41, 5.74) is 2.20. The van der Waals surface area contributed by atoms with Gasteiger partial charge in [0.05, 0.1) is 6.20 Å². The maximum absolute atomic E-state index is 12.2. The van der Waals surface area contributed by atoms with Gasteiger partial charge in [0, 0.05) is 50.5 Å². The smallest absolute Gasteiger partial charge is 0.243 e. The Kier molecular flexibility index (Phi) is 4.86. The van der Waals surface area contributed by atoms with Crippen LogP contribution in [0.1, 0.15) is 18.5 Å². The van der Waals surface area contributed by atoms with Gasteiger partial charge in [0.1, 0.15) is 4.90 Å². The summed E-state index contributed by atoms with van der Waals surface area (Å²) in [6.07, 6.45) is 6.65. The molecule has 0 spiro atoms. The number of aromatic nitrogens is 3. The maximum Gasteiger partial charge on any atom is 0.243 e. The average Bonchev–Trinajstić information content (AvgIpc) is 3.01. The van der Waals surface area contributed by atoms with E-state index in [9.17, 15) is 8.42 Å². The predicted octanol–water partition coefficient (Wildman–Crippen LogP) is 1.32. The highest BCUT2D eigenvalue weighted by molar-refractivity contribution is 7.89. The van der Waals surface area contributed by atoms with Crippen LogP contribution in [0, 0.1) is 12.8 Å². The van der Waals surface area contributed by atoms with Crippen molar-refractivity contribution in [2.45, 2.75) is 24.7 Å². The van der Waals surface area contributed by atoms with Crippen molar-refractivity contribution in [2.24, 2.45) is 13.0 Å². The minimum Gasteiger partial charge on any atom is -0.371 e. The summed E-state index contributed by atoms with van der Waals surface area (Å²) < 4.78 is 28.7. The van der Waals surface area contributed by atoms with Crippen LogP contribution in [0.25, 0.3) is 0 Å². The molecule has 3 heterocycles. The molecule has 1 fully saturated rings. The average molecular weight is 349 g/mol. The standard InChI is InChI=1S/C16H23N5O2S/c1-13-9-15(3-6-17-13)21-7-4-14(5-8-21)10-19-24(22,23)16-11-18-20(2)12-16/h3,6,9,11-12,14,19H,4-5,7-8,10H2,1-2H3. The molecule has 0 atom stereocenters. The summed E-state index contributed by atoms with van der Waals surface area (Å²) in [5, 5.41) is 3.91. The van der Waals surface area contributed by atoms with Gasteiger partial charge in [-0.1, -0.05) is 0 Å². The van der Waals surface area contributed by atoms with Crippen LogP contribution >= 0.6 is 0 Å². The van der Waals surface area contributed by atoms with Crippen molar-refractivity contribution in [2.75, 3.05) is 24.5 Å². The molecule has 7 nitrogen and oxygen atoms in total. The molecule has 3 rings (SSSR count). The molecule has 1 N–H and O–H groups in total. The van der Waals surface area contributed by atoms with E-state index in [1.165, 1.54) is 22.8 Å². The molecule has 0 aromatic carbocycles. The van der Waals surface area contributed by atoms with Crippen LogP contribution in [0.15, 0.2) is 35.6 Å². The Bertz CT molecular complexity index is 794. The van der Waals surface area contributed by atoms with Crippen LogP contribution in [0.5, 0.6) is 0 Å². The zero-order valence-electron chi connectivity index (χ0n) is 14.0. The Labute approximate surface area is 142 Å². The van der Waals surface area contributed by atoms with Gasteiger partial charge in [-0.3, -0.25) is 9.67 Å². The van der Waals surface area contributed by atoms with E-state index in [0.29, 0.717) is 12.5 Å². The van der Waals surface area contributed by atoms with Gasteiger partial charge in [-0.25, -0.2) is 13.1 Å². The Morgan fingerprint density at radius 3 is 2.71 bits per heavy atom. The van der Waals surface area contributed by atoms with Gasteiger partial charge in [-0.15, -0.1) is 0 Å². The van der Waals surface area contributed by atoms with Crippen molar-refractivity contribution in [1.82, 2.24) is 19.5 Å². The van der Waals surface area contributed by atoms with Gasteiger partial charge in [0.2, 0.25) is 10.0 Å². The summed E-state index contributed by atoms with van der Waals surface area (Å²) in [4.78, 5) is 6.78. The van der Waals surface area contributed by atoms with E-state index in [1.807, 2.05) is 19.2 Å². The summed E-state index contributed by atoms with van der Waals surface area (Å²) in [7, 11) is -1.76. The van der Waals surface area contributed by atoms with Crippen molar-refractivity contribution in [3.63, 3.8) is 0 Å². The normalized spacial score (nSPS) is 16.5. The van der Waals surface area contributed by atoms with Crippen molar-refractivity contribution in [1.29, 1.82) is 0 Å². The van der Waals surface area contributed by atoms with Crippen LogP contribution < -0.4 is 9.62 Å². The van der Waals surface area contributed by atoms with Gasteiger partial charge < -0.3 is 4.90 Å². The highest BCUT2D eigenvalue weighted by atomic mass is 32.2. The van der Waals surface area contributed by atoms with E-state index < -0.39 is 10.0 Å². The first-order valence-electron chi connectivity index (χ1n) is 8.10. The molecular weight excluding hydrogens is 326 g/mol. The van der Waals surface area contributed by atoms with Gasteiger partial charge in [-0.2, -0.15) is 5.10 Å². The molecule has 0 aliphatic carbocycles. The van der Waals surface area contributed by atoms with Gasteiger partial charge in [0.25, 0.3) is 0 Å². The molecule has 0 amide bonds. The quantitative estimate of drug-likeness (QED) is 0.880. The number of anilines is 1. The van der Waals surface area contributed by atoms with Crippen LogP contribution in [0.2, 0.25) is 0 Å². The number of pyridine rings is 1. The number of sulfonamides is 1. The molecule has 1 aliphatic heterocycles. The minimum atomic E-state index is -3.47. The second kappa shape index (κ2) is 6.90. The fourth-order valence-corrected chi connectivity index (χ4v) is 4.07. The minimum absolute atomic E-state index is 0.217. The number of rotatable bonds is 5. The number of hydrogen-bond acceptors (Lipinski definition) is 5. The molecule has 2 aromatic heterocycles. The summed E-state index contributed by atoms with van der Waals surface area (Å²) in [5.74, 6) is 0.357. The fourth-order valence-electron chi connectivity index (χ4n) is 2.97. The third-order valence-electron chi connectivity index (χ3n) is 4.41. The molecular formula is C16H23N5O2S. The van der Waals surface area contributed by atoms with E-state index in [4.69, 9.17) is 0 Å².